The number of hydrogen-bond donors (Lipinski definition) is 0. The first-order valence-electron chi connectivity index (χ1n) is 18.0. The highest BCUT2D eigenvalue weighted by atomic mass is 14.7. The third-order valence-corrected chi connectivity index (χ3v) is 10.3. The van der Waals surface area contributed by atoms with E-state index in [0.717, 1.165) is 11.4 Å². The van der Waals surface area contributed by atoms with E-state index in [9.17, 15) is 0 Å². The molecular formula is C50H43N. The van der Waals surface area contributed by atoms with Gasteiger partial charge in [-0.1, -0.05) is 108 Å². The van der Waals surface area contributed by atoms with Crippen LogP contribution in [0.4, 0.5) is 0 Å². The van der Waals surface area contributed by atoms with Gasteiger partial charge in [-0.15, -0.1) is 0 Å². The molecule has 0 aliphatic carbocycles. The Labute approximate surface area is 301 Å². The molecule has 0 bridgehead atoms. The lowest BCUT2D eigenvalue weighted by Gasteiger charge is -2.20. The van der Waals surface area contributed by atoms with Crippen molar-refractivity contribution in [2.45, 2.75) is 48.5 Å². The van der Waals surface area contributed by atoms with Crippen LogP contribution in [-0.4, -0.2) is 4.98 Å². The number of pyridine rings is 1. The van der Waals surface area contributed by atoms with Crippen LogP contribution in [0.1, 0.15) is 57.3 Å². The van der Waals surface area contributed by atoms with Crippen molar-refractivity contribution in [3.8, 4) is 22.3 Å². The summed E-state index contributed by atoms with van der Waals surface area (Å²) in [6.45, 7) is 15.2. The zero-order chi connectivity index (χ0) is 35.4. The van der Waals surface area contributed by atoms with Crippen molar-refractivity contribution >= 4 is 61.3 Å². The van der Waals surface area contributed by atoms with Crippen LogP contribution in [0.3, 0.4) is 0 Å². The van der Waals surface area contributed by atoms with Gasteiger partial charge in [-0.05, 0) is 179 Å². The standard InChI is InChI=1S/C50H43N/c1-8-9-42-22-33(5)23-43(51-42)17-16-36-27-37-12-14-39(28-41(37)26-34(36)6)49-44-18-10-31(3)25-48(44)50(45-19-11-30(2)24-47(45)49)40-15-13-38-21-32(4)20-35(7)46(38)29-40/h8-29H,1-7H3. The third kappa shape index (κ3) is 6.04. The SMILES string of the molecule is CC=Cc1cc(C)cc(C=Cc2cc3ccc(-c4c5ccc(C)cc5c(-c5ccc6cc(C)cc(C)c6c5)c5ccc(C)cc45)cc3cc2C)n1. The number of hydrogen-bond acceptors (Lipinski definition) is 1. The number of aryl methyl sites for hydroxylation is 6. The van der Waals surface area contributed by atoms with E-state index < -0.39 is 0 Å². The van der Waals surface area contributed by atoms with Crippen molar-refractivity contribution in [3.63, 3.8) is 0 Å². The summed E-state index contributed by atoms with van der Waals surface area (Å²) in [5.41, 5.74) is 15.9. The molecule has 8 rings (SSSR count). The van der Waals surface area contributed by atoms with Gasteiger partial charge in [0, 0.05) is 0 Å². The van der Waals surface area contributed by atoms with Gasteiger partial charge in [-0.25, -0.2) is 4.98 Å². The van der Waals surface area contributed by atoms with Gasteiger partial charge >= 0.3 is 0 Å². The van der Waals surface area contributed by atoms with Crippen LogP contribution < -0.4 is 0 Å². The number of benzene rings is 7. The average Bonchev–Trinajstić information content (AvgIpc) is 3.09. The van der Waals surface area contributed by atoms with Crippen LogP contribution >= 0.6 is 0 Å². The van der Waals surface area contributed by atoms with Crippen LogP contribution in [-0.2, 0) is 0 Å². The summed E-state index contributed by atoms with van der Waals surface area (Å²) in [4.78, 5) is 4.81. The molecule has 1 nitrogen and oxygen atoms in total. The highest BCUT2D eigenvalue weighted by Crippen LogP contribution is 2.45. The first-order chi connectivity index (χ1) is 24.6. The fraction of sp³-hybridized carbons (Fsp3) is 0.140. The number of aromatic nitrogens is 1. The van der Waals surface area contributed by atoms with Gasteiger partial charge in [-0.3, -0.25) is 0 Å². The van der Waals surface area contributed by atoms with Gasteiger partial charge in [0.1, 0.15) is 0 Å². The topological polar surface area (TPSA) is 12.9 Å². The van der Waals surface area contributed by atoms with Gasteiger partial charge in [0.25, 0.3) is 0 Å². The fourth-order valence-electron chi connectivity index (χ4n) is 7.97. The summed E-state index contributed by atoms with van der Waals surface area (Å²) in [5, 5.41) is 10.3. The second-order valence-electron chi connectivity index (χ2n) is 14.5. The van der Waals surface area contributed by atoms with Crippen molar-refractivity contribution in [3.05, 3.63) is 166 Å². The molecule has 0 saturated carbocycles. The van der Waals surface area contributed by atoms with E-state index in [0.29, 0.717) is 0 Å². The molecule has 0 aliphatic rings. The van der Waals surface area contributed by atoms with E-state index in [1.165, 1.54) is 104 Å². The quantitative estimate of drug-likeness (QED) is 0.168. The highest BCUT2D eigenvalue weighted by molar-refractivity contribution is 6.22. The second-order valence-corrected chi connectivity index (χ2v) is 14.5. The molecule has 0 saturated heterocycles. The summed E-state index contributed by atoms with van der Waals surface area (Å²) in [6.07, 6.45) is 8.41. The molecule has 0 amide bonds. The summed E-state index contributed by atoms with van der Waals surface area (Å²) in [7, 11) is 0. The zero-order valence-corrected chi connectivity index (χ0v) is 30.6. The lowest BCUT2D eigenvalue weighted by Crippen LogP contribution is -1.93. The minimum Gasteiger partial charge on any atom is -0.249 e. The number of nitrogens with zero attached hydrogens (tertiary/aromatic N) is 1. The molecule has 0 aliphatic heterocycles. The molecule has 0 atom stereocenters. The second kappa shape index (κ2) is 12.8. The van der Waals surface area contributed by atoms with Crippen molar-refractivity contribution in [2.24, 2.45) is 0 Å². The maximum absolute atomic E-state index is 4.81. The molecule has 0 radical (unpaired) electrons. The molecule has 0 N–H and O–H groups in total. The smallest absolute Gasteiger partial charge is 0.0639 e. The lowest BCUT2D eigenvalue weighted by atomic mass is 9.84. The van der Waals surface area contributed by atoms with Crippen molar-refractivity contribution in [2.75, 3.05) is 0 Å². The predicted octanol–water partition coefficient (Wildman–Crippen LogP) is 14.1. The lowest BCUT2D eigenvalue weighted by molar-refractivity contribution is 1.23. The van der Waals surface area contributed by atoms with Crippen LogP contribution in [0, 0.1) is 41.5 Å². The third-order valence-electron chi connectivity index (χ3n) is 10.3. The van der Waals surface area contributed by atoms with Crippen molar-refractivity contribution < 1.29 is 0 Å². The van der Waals surface area contributed by atoms with Gasteiger partial charge in [-0.2, -0.15) is 0 Å². The summed E-state index contributed by atoms with van der Waals surface area (Å²) in [5.74, 6) is 0. The van der Waals surface area contributed by atoms with Crippen molar-refractivity contribution in [1.82, 2.24) is 4.98 Å². The molecule has 1 aromatic heterocycles. The van der Waals surface area contributed by atoms with Gasteiger partial charge < -0.3 is 0 Å². The number of fused-ring (bicyclic) bond motifs is 4. The van der Waals surface area contributed by atoms with Crippen LogP contribution in [0.15, 0.2) is 115 Å². The average molecular weight is 658 g/mol. The summed E-state index contributed by atoms with van der Waals surface area (Å²) < 4.78 is 0. The molecule has 0 fully saturated rings. The molecule has 8 aromatic rings. The number of allylic oxidation sites excluding steroid dienone is 1. The molecule has 0 spiro atoms. The minimum absolute atomic E-state index is 0.972. The van der Waals surface area contributed by atoms with Crippen LogP contribution in [0.25, 0.3) is 83.6 Å². The maximum atomic E-state index is 4.81. The molecule has 51 heavy (non-hydrogen) atoms. The van der Waals surface area contributed by atoms with E-state index in [1.807, 2.05) is 13.0 Å². The number of rotatable bonds is 5. The molecular weight excluding hydrogens is 615 g/mol. The fourth-order valence-corrected chi connectivity index (χ4v) is 7.97. The van der Waals surface area contributed by atoms with E-state index >= 15 is 0 Å². The van der Waals surface area contributed by atoms with Gasteiger partial charge in [0.2, 0.25) is 0 Å². The Balaban J connectivity index is 1.30. The normalized spacial score (nSPS) is 12.1. The Morgan fingerprint density at radius 3 is 1.67 bits per heavy atom. The molecule has 1 heterocycles. The van der Waals surface area contributed by atoms with Crippen molar-refractivity contribution in [1.29, 1.82) is 0 Å². The van der Waals surface area contributed by atoms with Crippen LogP contribution in [0.5, 0.6) is 0 Å². The Bertz CT molecular complexity index is 2760. The van der Waals surface area contributed by atoms with E-state index in [1.54, 1.807) is 0 Å². The maximum Gasteiger partial charge on any atom is 0.0639 e. The minimum atomic E-state index is 0.972. The molecule has 0 unspecified atom stereocenters. The largest absolute Gasteiger partial charge is 0.249 e. The van der Waals surface area contributed by atoms with Gasteiger partial charge in [0.15, 0.2) is 0 Å². The van der Waals surface area contributed by atoms with E-state index in [2.05, 4.69) is 169 Å². The molecule has 248 valence electrons. The van der Waals surface area contributed by atoms with Crippen LogP contribution in [0.2, 0.25) is 0 Å². The molecule has 7 aromatic carbocycles. The highest BCUT2D eigenvalue weighted by Gasteiger charge is 2.18. The first-order valence-corrected chi connectivity index (χ1v) is 18.0. The van der Waals surface area contributed by atoms with Gasteiger partial charge in [0.05, 0.1) is 11.4 Å². The van der Waals surface area contributed by atoms with E-state index in [-0.39, 0.29) is 0 Å². The Morgan fingerprint density at radius 2 is 1.00 bits per heavy atom. The van der Waals surface area contributed by atoms with E-state index in [4.69, 9.17) is 4.98 Å². The Morgan fingerprint density at radius 1 is 0.392 bits per heavy atom. The Hall–Kier alpha value is -5.79. The summed E-state index contributed by atoms with van der Waals surface area (Å²) >= 11 is 0. The summed E-state index contributed by atoms with van der Waals surface area (Å²) in [6, 6.07) is 41.5. The molecule has 1 heteroatoms. The zero-order valence-electron chi connectivity index (χ0n) is 30.6. The first kappa shape index (κ1) is 32.4. The Kier molecular flexibility index (Phi) is 8.16. The predicted molar refractivity (Wildman–Crippen MR) is 224 cm³/mol. The monoisotopic (exact) mass is 657 g/mol.